The molecule has 2 heterocycles. The molecule has 0 radical (unpaired) electrons. The Morgan fingerprint density at radius 3 is 2.46 bits per heavy atom. The minimum Gasteiger partial charge on any atom is -1.00 e. The third-order valence-corrected chi connectivity index (χ3v) is 4.26. The van der Waals surface area contributed by atoms with Gasteiger partial charge in [0, 0.05) is 17.2 Å². The number of pyridine rings is 1. The van der Waals surface area contributed by atoms with Crippen LogP contribution in [0, 0.1) is 5.82 Å². The van der Waals surface area contributed by atoms with Gasteiger partial charge in [0.1, 0.15) is 17.1 Å². The van der Waals surface area contributed by atoms with Gasteiger partial charge in [-0.2, -0.15) is 4.57 Å². The minimum atomic E-state index is -0.233. The zero-order valence-corrected chi connectivity index (χ0v) is 16.8. The topological polar surface area (TPSA) is 39.1 Å². The van der Waals surface area contributed by atoms with Gasteiger partial charge in [-0.05, 0) is 54.6 Å². The molecule has 0 bridgehead atoms. The van der Waals surface area contributed by atoms with Gasteiger partial charge >= 0.3 is 0 Å². The molecular formula is C22H18BrFN2O2. The van der Waals surface area contributed by atoms with Crippen LogP contribution in [0.3, 0.4) is 0 Å². The largest absolute Gasteiger partial charge is 1.00 e. The van der Waals surface area contributed by atoms with Crippen LogP contribution in [0.5, 0.6) is 5.75 Å². The zero-order chi connectivity index (χ0) is 18.6. The molecule has 4 aromatic rings. The highest BCUT2D eigenvalue weighted by atomic mass is 79.9. The van der Waals surface area contributed by atoms with Crippen molar-refractivity contribution in [3.8, 4) is 28.5 Å². The molecule has 0 aliphatic heterocycles. The number of rotatable bonds is 5. The maximum atomic E-state index is 13.1. The lowest BCUT2D eigenvalue weighted by molar-refractivity contribution is -0.687. The van der Waals surface area contributed by atoms with E-state index in [1.54, 1.807) is 25.4 Å². The first-order valence-corrected chi connectivity index (χ1v) is 8.55. The zero-order valence-electron chi connectivity index (χ0n) is 15.2. The van der Waals surface area contributed by atoms with E-state index in [4.69, 9.17) is 9.15 Å². The molecule has 4 rings (SSSR count). The third kappa shape index (κ3) is 4.46. The summed E-state index contributed by atoms with van der Waals surface area (Å²) in [5.41, 5.74) is 2.83. The van der Waals surface area contributed by atoms with Gasteiger partial charge in [0.15, 0.2) is 24.7 Å². The maximum Gasteiger partial charge on any atom is 0.232 e. The molecule has 2 aromatic heterocycles. The van der Waals surface area contributed by atoms with Crippen LogP contribution in [-0.4, -0.2) is 12.1 Å². The fourth-order valence-electron chi connectivity index (χ4n) is 2.84. The summed E-state index contributed by atoms with van der Waals surface area (Å²) in [7, 11) is 1.64. The smallest absolute Gasteiger partial charge is 0.232 e. The molecule has 6 heteroatoms. The second-order valence-electron chi connectivity index (χ2n) is 6.15. The highest BCUT2D eigenvalue weighted by Gasteiger charge is 2.12. The number of ether oxygens (including phenoxy) is 1. The van der Waals surface area contributed by atoms with E-state index in [0.717, 1.165) is 22.4 Å². The minimum absolute atomic E-state index is 0. The predicted molar refractivity (Wildman–Crippen MR) is 99.6 cm³/mol. The first-order valence-electron chi connectivity index (χ1n) is 8.55. The number of halogens is 2. The van der Waals surface area contributed by atoms with Crippen LogP contribution in [0.1, 0.15) is 5.56 Å². The fraction of sp³-hybridized carbons (Fsp3) is 0.0909. The van der Waals surface area contributed by atoms with Gasteiger partial charge in [-0.15, -0.1) is 0 Å². The van der Waals surface area contributed by atoms with Crippen molar-refractivity contribution >= 4 is 0 Å². The summed E-state index contributed by atoms with van der Waals surface area (Å²) >= 11 is 0. The summed E-state index contributed by atoms with van der Waals surface area (Å²) in [6.07, 6.45) is 5.64. The van der Waals surface area contributed by atoms with E-state index >= 15 is 0 Å². The average molecular weight is 441 g/mol. The van der Waals surface area contributed by atoms with Crippen LogP contribution in [0.2, 0.25) is 0 Å². The number of benzene rings is 2. The Kier molecular flexibility index (Phi) is 6.21. The highest BCUT2D eigenvalue weighted by molar-refractivity contribution is 5.61. The Balaban J connectivity index is 0.00000225. The molecule has 0 aliphatic rings. The van der Waals surface area contributed by atoms with Gasteiger partial charge in [-0.1, -0.05) is 0 Å². The third-order valence-electron chi connectivity index (χ3n) is 4.26. The van der Waals surface area contributed by atoms with E-state index in [1.165, 1.54) is 12.1 Å². The number of nitrogens with zero attached hydrogens (tertiary/aromatic N) is 2. The molecule has 0 unspecified atom stereocenters. The molecule has 0 saturated carbocycles. The van der Waals surface area contributed by atoms with Gasteiger partial charge in [-0.25, -0.2) is 9.37 Å². The second kappa shape index (κ2) is 8.80. The Bertz CT molecular complexity index is 1050. The van der Waals surface area contributed by atoms with E-state index in [9.17, 15) is 4.39 Å². The number of hydrogen-bond acceptors (Lipinski definition) is 3. The maximum absolute atomic E-state index is 13.1. The van der Waals surface area contributed by atoms with Crippen molar-refractivity contribution in [2.75, 3.05) is 7.11 Å². The highest BCUT2D eigenvalue weighted by Crippen LogP contribution is 2.26. The summed E-state index contributed by atoms with van der Waals surface area (Å²) in [5.74, 6) is 1.81. The van der Waals surface area contributed by atoms with E-state index in [0.29, 0.717) is 18.2 Å². The number of methoxy groups -OCH3 is 1. The molecule has 0 atom stereocenters. The molecule has 0 aliphatic carbocycles. The standard InChI is InChI=1S/C22H18FN2O2.BrH/c1-26-20-10-6-17(7-11-20)21-13-24-22(27-21)18-3-2-12-25(15-18)14-16-4-8-19(23)9-5-16;/h2-13,15H,14H2,1H3;1H/q+1;/p-1. The molecule has 0 amide bonds. The van der Waals surface area contributed by atoms with E-state index in [1.807, 2.05) is 53.4 Å². The van der Waals surface area contributed by atoms with Gasteiger partial charge in [0.25, 0.3) is 0 Å². The molecule has 0 spiro atoms. The van der Waals surface area contributed by atoms with Crippen molar-refractivity contribution < 1.29 is 35.1 Å². The van der Waals surface area contributed by atoms with Gasteiger partial charge < -0.3 is 26.1 Å². The van der Waals surface area contributed by atoms with Crippen molar-refractivity contribution in [3.63, 3.8) is 0 Å². The fourth-order valence-corrected chi connectivity index (χ4v) is 2.84. The first-order chi connectivity index (χ1) is 13.2. The Morgan fingerprint density at radius 2 is 1.75 bits per heavy atom. The normalized spacial score (nSPS) is 10.4. The van der Waals surface area contributed by atoms with Crippen molar-refractivity contribution in [3.05, 3.63) is 90.6 Å². The predicted octanol–water partition coefficient (Wildman–Crippen LogP) is 1.50. The van der Waals surface area contributed by atoms with Crippen molar-refractivity contribution in [1.82, 2.24) is 4.98 Å². The van der Waals surface area contributed by atoms with Crippen LogP contribution in [0.25, 0.3) is 22.8 Å². The van der Waals surface area contributed by atoms with Crippen LogP contribution >= 0.6 is 0 Å². The molecular weight excluding hydrogens is 423 g/mol. The van der Waals surface area contributed by atoms with Crippen LogP contribution < -0.4 is 26.3 Å². The van der Waals surface area contributed by atoms with E-state index in [2.05, 4.69) is 4.98 Å². The molecule has 4 nitrogen and oxygen atoms in total. The molecule has 28 heavy (non-hydrogen) atoms. The molecule has 0 N–H and O–H groups in total. The lowest BCUT2D eigenvalue weighted by Crippen LogP contribution is -3.00. The van der Waals surface area contributed by atoms with Crippen LogP contribution in [0.4, 0.5) is 4.39 Å². The SMILES string of the molecule is COc1ccc(-c2cnc(-c3ccc[n+](Cc4ccc(F)cc4)c3)o2)cc1.[Br-]. The van der Waals surface area contributed by atoms with E-state index < -0.39 is 0 Å². The summed E-state index contributed by atoms with van der Waals surface area (Å²) in [5, 5.41) is 0. The number of aromatic nitrogens is 2. The molecule has 0 saturated heterocycles. The Labute approximate surface area is 173 Å². The van der Waals surface area contributed by atoms with Gasteiger partial charge in [0.2, 0.25) is 5.89 Å². The van der Waals surface area contributed by atoms with Crippen molar-refractivity contribution in [2.24, 2.45) is 0 Å². The molecule has 2 aromatic carbocycles. The average Bonchev–Trinajstić information content (AvgIpc) is 3.20. The quantitative estimate of drug-likeness (QED) is 0.441. The number of hydrogen-bond donors (Lipinski definition) is 0. The lowest BCUT2D eigenvalue weighted by Gasteiger charge is -2.01. The molecule has 142 valence electrons. The Hall–Kier alpha value is -2.99. The lowest BCUT2D eigenvalue weighted by atomic mass is 10.2. The first kappa shape index (κ1) is 19.8. The molecule has 0 fully saturated rings. The second-order valence-corrected chi connectivity index (χ2v) is 6.15. The van der Waals surface area contributed by atoms with Crippen molar-refractivity contribution in [1.29, 1.82) is 0 Å². The summed E-state index contributed by atoms with van der Waals surface area (Å²) in [6.45, 7) is 0.639. The summed E-state index contributed by atoms with van der Waals surface area (Å²) in [4.78, 5) is 4.40. The van der Waals surface area contributed by atoms with Crippen LogP contribution in [-0.2, 0) is 6.54 Å². The summed E-state index contributed by atoms with van der Waals surface area (Å²) < 4.78 is 26.2. The Morgan fingerprint density at radius 1 is 1.00 bits per heavy atom. The van der Waals surface area contributed by atoms with E-state index in [-0.39, 0.29) is 22.8 Å². The number of oxazole rings is 1. The summed E-state index contributed by atoms with van der Waals surface area (Å²) in [6, 6.07) is 18.0. The van der Waals surface area contributed by atoms with Gasteiger partial charge in [-0.3, -0.25) is 0 Å². The monoisotopic (exact) mass is 440 g/mol. The van der Waals surface area contributed by atoms with Crippen LogP contribution in [0.15, 0.2) is 83.7 Å². The van der Waals surface area contributed by atoms with Crippen molar-refractivity contribution in [2.45, 2.75) is 6.54 Å². The van der Waals surface area contributed by atoms with Gasteiger partial charge in [0.05, 0.1) is 13.3 Å².